The normalized spacial score (nSPS) is 19.9. The fourth-order valence-electron chi connectivity index (χ4n) is 2.43. The minimum atomic E-state index is -2.51. The van der Waals surface area contributed by atoms with Crippen LogP contribution in [0.25, 0.3) is 0 Å². The molecule has 3 rings (SSSR count). The van der Waals surface area contributed by atoms with Gasteiger partial charge in [0.05, 0.1) is 40.3 Å². The van der Waals surface area contributed by atoms with Crippen molar-refractivity contribution in [3.8, 4) is 11.5 Å². The molecule has 0 spiro atoms. The Bertz CT molecular complexity index is 1000. The van der Waals surface area contributed by atoms with Gasteiger partial charge in [-0.1, -0.05) is 30.3 Å². The number of aliphatic imine (C=N–C) groups is 1. The predicted molar refractivity (Wildman–Crippen MR) is 102 cm³/mol. The summed E-state index contributed by atoms with van der Waals surface area (Å²) in [7, 11) is 0.585. The minimum absolute atomic E-state index is 0. The number of rotatable bonds is 4. The van der Waals surface area contributed by atoms with Gasteiger partial charge in [0, 0.05) is 18.4 Å². The molecule has 8 heteroatoms. The summed E-state index contributed by atoms with van der Waals surface area (Å²) in [6, 6.07) is 13.2. The lowest BCUT2D eigenvalue weighted by atomic mass is 10.2. The molecule has 1 heterocycles. The van der Waals surface area contributed by atoms with Gasteiger partial charge >= 0.3 is 0 Å². The minimum Gasteiger partial charge on any atom is -0.493 e. The van der Waals surface area contributed by atoms with Gasteiger partial charge in [0.25, 0.3) is 0 Å². The van der Waals surface area contributed by atoms with Crippen molar-refractivity contribution < 1.29 is 13.7 Å². The molecule has 0 aliphatic carbocycles. The summed E-state index contributed by atoms with van der Waals surface area (Å²) in [5.41, 5.74) is 1.06. The van der Waals surface area contributed by atoms with Crippen LogP contribution in [0, 0.1) is 4.51 Å². The summed E-state index contributed by atoms with van der Waals surface area (Å²) in [6.07, 6.45) is 1.63. The zero-order valence-electron chi connectivity index (χ0n) is 14.2. The molecule has 134 valence electrons. The molecule has 0 fully saturated rings. The smallest absolute Gasteiger partial charge is 0.230 e. The van der Waals surface area contributed by atoms with Crippen molar-refractivity contribution in [1.29, 1.82) is 0 Å². The van der Waals surface area contributed by atoms with Gasteiger partial charge in [-0.25, -0.2) is 14.2 Å². The van der Waals surface area contributed by atoms with Gasteiger partial charge in [-0.05, 0) is 5.56 Å². The van der Waals surface area contributed by atoms with Crippen molar-refractivity contribution in [2.24, 2.45) is 9.98 Å². The monoisotopic (exact) mass is 381 g/mol. The third-order valence-electron chi connectivity index (χ3n) is 3.65. The van der Waals surface area contributed by atoms with Crippen LogP contribution >= 0.6 is 12.4 Å². The van der Waals surface area contributed by atoms with Crippen LogP contribution in [0.5, 0.6) is 11.5 Å². The quantitative estimate of drug-likeness (QED) is 0.823. The van der Waals surface area contributed by atoms with Crippen LogP contribution in [0.1, 0.15) is 5.56 Å². The maximum absolute atomic E-state index is 13.0. The fraction of sp³-hybridized carbons (Fsp3) is 0.235. The maximum Gasteiger partial charge on any atom is 0.230 e. The highest BCUT2D eigenvalue weighted by atomic mass is 35.5. The van der Waals surface area contributed by atoms with E-state index >= 15 is 0 Å². The maximum atomic E-state index is 13.0. The number of guanidine groups is 1. The molecule has 2 aromatic rings. The Balaban J connectivity index is 0.00000225. The summed E-state index contributed by atoms with van der Waals surface area (Å²) in [5.74, 6) is 1.41. The van der Waals surface area contributed by atoms with Crippen LogP contribution in [-0.4, -0.2) is 30.6 Å². The van der Waals surface area contributed by atoms with Crippen LogP contribution < -0.4 is 19.6 Å². The SMILES string of the molecule is COc1cc2c(cc1OC)=S(C)(=O)NC(=NCc1ccccc1)N=2.Cl. The number of ether oxygens (including phenoxy) is 2. The van der Waals surface area contributed by atoms with Gasteiger partial charge in [-0.3, -0.25) is 4.72 Å². The third kappa shape index (κ3) is 4.05. The van der Waals surface area contributed by atoms with Crippen LogP contribution in [-0.2, 0) is 16.3 Å². The Labute approximate surface area is 153 Å². The Kier molecular flexibility index (Phi) is 5.92. The van der Waals surface area contributed by atoms with Crippen molar-refractivity contribution >= 4 is 28.1 Å². The first-order chi connectivity index (χ1) is 11.5. The molecule has 1 N–H and O–H groups in total. The standard InChI is InChI=1S/C17H19N3O3S.ClH/c1-22-14-9-13-16(10-15(14)23-2)24(3,21)20-17(19-13)18-11-12-7-5-4-6-8-12;/h4-10H,11H2,1-3H3,(H,18,19,20,21);1H. The van der Waals surface area contributed by atoms with Gasteiger partial charge in [-0.15, -0.1) is 12.4 Å². The topological polar surface area (TPSA) is 72.3 Å². The zero-order chi connectivity index (χ0) is 17.2. The highest BCUT2D eigenvalue weighted by molar-refractivity contribution is 7.93. The van der Waals surface area contributed by atoms with Crippen molar-refractivity contribution in [3.63, 3.8) is 0 Å². The lowest BCUT2D eigenvalue weighted by molar-refractivity contribution is 0.354. The lowest BCUT2D eigenvalue weighted by Crippen LogP contribution is -2.36. The molecule has 0 bridgehead atoms. The highest BCUT2D eigenvalue weighted by Crippen LogP contribution is 2.24. The Morgan fingerprint density at radius 1 is 1.12 bits per heavy atom. The molecule has 1 aliphatic rings. The molecular weight excluding hydrogens is 362 g/mol. The van der Waals surface area contributed by atoms with E-state index in [4.69, 9.17) is 9.47 Å². The van der Waals surface area contributed by atoms with Gasteiger partial charge in [0.2, 0.25) is 5.96 Å². The summed E-state index contributed by atoms with van der Waals surface area (Å²) in [6.45, 7) is 0.463. The Hall–Kier alpha value is -2.25. The van der Waals surface area contributed by atoms with Crippen molar-refractivity contribution in [2.75, 3.05) is 20.5 Å². The molecule has 0 radical (unpaired) electrons. The highest BCUT2D eigenvalue weighted by Gasteiger charge is 2.15. The first-order valence-corrected chi connectivity index (χ1v) is 9.33. The number of benzene rings is 2. The Morgan fingerprint density at radius 2 is 1.76 bits per heavy atom. The molecule has 1 aliphatic heterocycles. The van der Waals surface area contributed by atoms with E-state index in [0.717, 1.165) is 5.56 Å². The van der Waals surface area contributed by atoms with Gasteiger partial charge in [0.15, 0.2) is 11.5 Å². The number of hydrogen-bond donors (Lipinski definition) is 1. The number of hydrogen-bond acceptors (Lipinski definition) is 4. The van der Waals surface area contributed by atoms with Gasteiger partial charge < -0.3 is 9.47 Å². The molecule has 1 atom stereocenters. The van der Waals surface area contributed by atoms with Gasteiger partial charge in [0.1, 0.15) is 0 Å². The molecule has 0 saturated heterocycles. The molecule has 6 nitrogen and oxygen atoms in total. The average Bonchev–Trinajstić information content (AvgIpc) is 2.59. The lowest BCUT2D eigenvalue weighted by Gasteiger charge is -2.15. The van der Waals surface area contributed by atoms with E-state index < -0.39 is 9.71 Å². The van der Waals surface area contributed by atoms with Crippen molar-refractivity contribution in [1.82, 2.24) is 4.72 Å². The molecule has 0 saturated carbocycles. The van der Waals surface area contributed by atoms with Crippen LogP contribution in [0.2, 0.25) is 0 Å². The van der Waals surface area contributed by atoms with E-state index in [1.807, 2.05) is 30.3 Å². The molecule has 0 amide bonds. The fourth-order valence-corrected chi connectivity index (χ4v) is 3.84. The van der Waals surface area contributed by atoms with Crippen LogP contribution in [0.15, 0.2) is 52.4 Å². The number of nitrogens with zero attached hydrogens (tertiary/aromatic N) is 2. The number of methoxy groups -OCH3 is 2. The van der Waals surface area contributed by atoms with E-state index in [0.29, 0.717) is 33.9 Å². The summed E-state index contributed by atoms with van der Waals surface area (Å²) < 4.78 is 27.0. The van der Waals surface area contributed by atoms with Crippen molar-refractivity contribution in [2.45, 2.75) is 6.54 Å². The Morgan fingerprint density at radius 3 is 2.40 bits per heavy atom. The number of nitrogens with one attached hydrogen (secondary N) is 1. The molecule has 2 aromatic carbocycles. The summed E-state index contributed by atoms with van der Waals surface area (Å²) >= 11 is 0. The second kappa shape index (κ2) is 7.76. The second-order valence-electron chi connectivity index (χ2n) is 5.36. The number of halogens is 1. The van der Waals surface area contributed by atoms with E-state index in [2.05, 4.69) is 14.7 Å². The molecule has 25 heavy (non-hydrogen) atoms. The molecule has 0 aromatic heterocycles. The zero-order valence-corrected chi connectivity index (χ0v) is 15.8. The molecular formula is C17H20ClN3O3S. The molecule has 1 unspecified atom stereocenters. The second-order valence-corrected chi connectivity index (χ2v) is 7.69. The van der Waals surface area contributed by atoms with E-state index in [9.17, 15) is 4.21 Å². The average molecular weight is 382 g/mol. The van der Waals surface area contributed by atoms with Crippen molar-refractivity contribution in [3.05, 3.63) is 57.9 Å². The van der Waals surface area contributed by atoms with E-state index in [-0.39, 0.29) is 12.4 Å². The van der Waals surface area contributed by atoms with Crippen LogP contribution in [0.4, 0.5) is 0 Å². The first kappa shape index (κ1) is 19.1. The van der Waals surface area contributed by atoms with Crippen LogP contribution in [0.3, 0.4) is 0 Å². The first-order valence-electron chi connectivity index (χ1n) is 7.36. The van der Waals surface area contributed by atoms with Gasteiger partial charge in [-0.2, -0.15) is 0 Å². The van der Waals surface area contributed by atoms with E-state index in [1.54, 1.807) is 32.6 Å². The number of fused-ring (bicyclic) bond motifs is 1. The summed E-state index contributed by atoms with van der Waals surface area (Å²) in [5, 5.41) is 0.575. The third-order valence-corrected chi connectivity index (χ3v) is 5.39. The summed E-state index contributed by atoms with van der Waals surface area (Å²) in [4.78, 5) is 8.90. The largest absolute Gasteiger partial charge is 0.493 e. The predicted octanol–water partition coefficient (Wildman–Crippen LogP) is 1.98. The van der Waals surface area contributed by atoms with E-state index in [1.165, 1.54) is 0 Å².